The first-order valence-electron chi connectivity index (χ1n) is 6.38. The summed E-state index contributed by atoms with van der Waals surface area (Å²) in [5.41, 5.74) is 2.08. The van der Waals surface area contributed by atoms with Gasteiger partial charge < -0.3 is 19.2 Å². The van der Waals surface area contributed by atoms with E-state index >= 15 is 0 Å². The number of anilines is 1. The third-order valence-electron chi connectivity index (χ3n) is 2.79. The molecule has 0 aliphatic heterocycles. The molecule has 2 aromatic rings. The number of amides is 1. The van der Waals surface area contributed by atoms with Gasteiger partial charge in [0.25, 0.3) is 5.91 Å². The number of hydrogen-bond donors (Lipinski definition) is 1. The molecule has 2 rings (SSSR count). The fraction of sp³-hybridized carbons (Fsp3) is 0.267. The van der Waals surface area contributed by atoms with Crippen LogP contribution in [0.25, 0.3) is 0 Å². The van der Waals surface area contributed by atoms with Crippen molar-refractivity contribution < 1.29 is 18.7 Å². The van der Waals surface area contributed by atoms with Gasteiger partial charge in [0, 0.05) is 7.11 Å². The molecular formula is C15H16BrNO4. The molecule has 0 fully saturated rings. The standard InChI is InChI=1S/C15H16BrNO4/c1-10-3-4-12(13(9-10)20-8-7-19-2)17-15(18)11-5-6-21-14(11)16/h3-6,9H,7-8H2,1-2H3,(H,17,18). The van der Waals surface area contributed by atoms with E-state index in [-0.39, 0.29) is 5.91 Å². The minimum absolute atomic E-state index is 0.268. The van der Waals surface area contributed by atoms with Crippen molar-refractivity contribution in [3.05, 3.63) is 46.3 Å². The number of carbonyl (C=O) groups is 1. The summed E-state index contributed by atoms with van der Waals surface area (Å²) in [6.45, 7) is 2.86. The number of ether oxygens (including phenoxy) is 2. The number of benzene rings is 1. The molecule has 21 heavy (non-hydrogen) atoms. The number of nitrogens with one attached hydrogen (secondary N) is 1. The molecular weight excluding hydrogens is 338 g/mol. The summed E-state index contributed by atoms with van der Waals surface area (Å²) in [7, 11) is 1.61. The molecule has 0 saturated carbocycles. The molecule has 0 aliphatic rings. The van der Waals surface area contributed by atoms with Crippen LogP contribution >= 0.6 is 15.9 Å². The second-order valence-electron chi connectivity index (χ2n) is 4.40. The topological polar surface area (TPSA) is 60.7 Å². The van der Waals surface area contributed by atoms with Gasteiger partial charge in [0.05, 0.1) is 24.1 Å². The van der Waals surface area contributed by atoms with Crippen molar-refractivity contribution in [2.24, 2.45) is 0 Å². The van der Waals surface area contributed by atoms with Crippen molar-refractivity contribution in [1.82, 2.24) is 0 Å². The summed E-state index contributed by atoms with van der Waals surface area (Å²) in [6.07, 6.45) is 1.45. The molecule has 1 aromatic heterocycles. The Morgan fingerprint density at radius 2 is 2.14 bits per heavy atom. The molecule has 1 N–H and O–H groups in total. The molecule has 0 atom stereocenters. The number of furan rings is 1. The van der Waals surface area contributed by atoms with E-state index in [2.05, 4.69) is 21.2 Å². The highest BCUT2D eigenvalue weighted by atomic mass is 79.9. The van der Waals surface area contributed by atoms with Crippen LogP contribution in [0.3, 0.4) is 0 Å². The van der Waals surface area contributed by atoms with Gasteiger partial charge in [0.15, 0.2) is 4.67 Å². The Balaban J connectivity index is 2.15. The van der Waals surface area contributed by atoms with Crippen LogP contribution in [0.15, 0.2) is 39.6 Å². The van der Waals surface area contributed by atoms with Crippen LogP contribution in [-0.4, -0.2) is 26.2 Å². The molecule has 6 heteroatoms. The van der Waals surface area contributed by atoms with Gasteiger partial charge >= 0.3 is 0 Å². The Bertz CT molecular complexity index is 624. The van der Waals surface area contributed by atoms with Gasteiger partial charge in [-0.05, 0) is 46.6 Å². The first-order valence-corrected chi connectivity index (χ1v) is 7.18. The van der Waals surface area contributed by atoms with E-state index in [9.17, 15) is 4.79 Å². The normalized spacial score (nSPS) is 10.4. The van der Waals surface area contributed by atoms with Crippen LogP contribution < -0.4 is 10.1 Å². The van der Waals surface area contributed by atoms with Gasteiger partial charge in [-0.15, -0.1) is 0 Å². The van der Waals surface area contributed by atoms with E-state index < -0.39 is 0 Å². The molecule has 1 aromatic carbocycles. The van der Waals surface area contributed by atoms with Crippen molar-refractivity contribution in [1.29, 1.82) is 0 Å². The van der Waals surface area contributed by atoms with Crippen molar-refractivity contribution in [2.45, 2.75) is 6.92 Å². The lowest BCUT2D eigenvalue weighted by Crippen LogP contribution is -2.13. The molecule has 1 amide bonds. The largest absolute Gasteiger partial charge is 0.489 e. The number of carbonyl (C=O) groups excluding carboxylic acids is 1. The van der Waals surface area contributed by atoms with Gasteiger partial charge in [-0.25, -0.2) is 0 Å². The lowest BCUT2D eigenvalue weighted by molar-refractivity contribution is 0.102. The van der Waals surface area contributed by atoms with E-state index in [1.807, 2.05) is 25.1 Å². The maximum Gasteiger partial charge on any atom is 0.260 e. The lowest BCUT2D eigenvalue weighted by atomic mass is 10.2. The van der Waals surface area contributed by atoms with Crippen LogP contribution in [0.4, 0.5) is 5.69 Å². The number of rotatable bonds is 6. The van der Waals surface area contributed by atoms with E-state index in [0.29, 0.717) is 34.9 Å². The Morgan fingerprint density at radius 1 is 1.33 bits per heavy atom. The average molecular weight is 354 g/mol. The summed E-state index contributed by atoms with van der Waals surface area (Å²) in [4.78, 5) is 12.2. The summed E-state index contributed by atoms with van der Waals surface area (Å²) >= 11 is 3.19. The van der Waals surface area contributed by atoms with E-state index in [0.717, 1.165) is 5.56 Å². The van der Waals surface area contributed by atoms with Crippen LogP contribution in [-0.2, 0) is 4.74 Å². The zero-order valence-electron chi connectivity index (χ0n) is 11.8. The van der Waals surface area contributed by atoms with Gasteiger partial charge in [0.2, 0.25) is 0 Å². The summed E-state index contributed by atoms with van der Waals surface area (Å²) in [6, 6.07) is 7.18. The molecule has 5 nitrogen and oxygen atoms in total. The van der Waals surface area contributed by atoms with Gasteiger partial charge in [-0.1, -0.05) is 6.07 Å². The monoisotopic (exact) mass is 353 g/mol. The number of methoxy groups -OCH3 is 1. The van der Waals surface area contributed by atoms with E-state index in [1.165, 1.54) is 6.26 Å². The second-order valence-corrected chi connectivity index (χ2v) is 5.12. The predicted molar refractivity (Wildman–Crippen MR) is 82.9 cm³/mol. The molecule has 0 radical (unpaired) electrons. The molecule has 0 spiro atoms. The smallest absolute Gasteiger partial charge is 0.260 e. The van der Waals surface area contributed by atoms with E-state index in [1.54, 1.807) is 13.2 Å². The van der Waals surface area contributed by atoms with Gasteiger partial charge in [-0.3, -0.25) is 4.79 Å². The summed E-state index contributed by atoms with van der Waals surface area (Å²) < 4.78 is 16.0. The molecule has 0 unspecified atom stereocenters. The Labute approximate surface area is 131 Å². The van der Waals surface area contributed by atoms with Crippen LogP contribution in [0.2, 0.25) is 0 Å². The Morgan fingerprint density at radius 3 is 2.81 bits per heavy atom. The maximum atomic E-state index is 12.2. The Hall–Kier alpha value is -1.79. The van der Waals surface area contributed by atoms with Crippen molar-refractivity contribution in [3.8, 4) is 5.75 Å². The molecule has 1 heterocycles. The fourth-order valence-corrected chi connectivity index (χ4v) is 2.15. The first kappa shape index (κ1) is 15.6. The zero-order chi connectivity index (χ0) is 15.2. The molecule has 0 bridgehead atoms. The minimum Gasteiger partial charge on any atom is -0.489 e. The van der Waals surface area contributed by atoms with Crippen molar-refractivity contribution >= 4 is 27.5 Å². The van der Waals surface area contributed by atoms with Crippen LogP contribution in [0.5, 0.6) is 5.75 Å². The number of hydrogen-bond acceptors (Lipinski definition) is 4. The maximum absolute atomic E-state index is 12.2. The SMILES string of the molecule is COCCOc1cc(C)ccc1NC(=O)c1ccoc1Br. The molecule has 112 valence electrons. The first-order chi connectivity index (χ1) is 10.1. The van der Waals surface area contributed by atoms with Crippen molar-refractivity contribution in [3.63, 3.8) is 0 Å². The Kier molecular flexibility index (Phi) is 5.41. The van der Waals surface area contributed by atoms with E-state index in [4.69, 9.17) is 13.9 Å². The second kappa shape index (κ2) is 7.28. The average Bonchev–Trinajstić information content (AvgIpc) is 2.88. The number of halogens is 1. The fourth-order valence-electron chi connectivity index (χ4n) is 1.73. The van der Waals surface area contributed by atoms with Gasteiger partial charge in [-0.2, -0.15) is 0 Å². The summed E-state index contributed by atoms with van der Waals surface area (Å²) in [5, 5.41) is 2.81. The highest BCUT2D eigenvalue weighted by Gasteiger charge is 2.15. The lowest BCUT2D eigenvalue weighted by Gasteiger charge is -2.13. The third-order valence-corrected chi connectivity index (χ3v) is 3.41. The van der Waals surface area contributed by atoms with Crippen LogP contribution in [0.1, 0.15) is 15.9 Å². The van der Waals surface area contributed by atoms with Crippen LogP contribution in [0, 0.1) is 6.92 Å². The van der Waals surface area contributed by atoms with Gasteiger partial charge in [0.1, 0.15) is 12.4 Å². The highest BCUT2D eigenvalue weighted by molar-refractivity contribution is 9.10. The highest BCUT2D eigenvalue weighted by Crippen LogP contribution is 2.27. The molecule has 0 aliphatic carbocycles. The minimum atomic E-state index is -0.268. The molecule has 0 saturated heterocycles. The third kappa shape index (κ3) is 4.09. The summed E-state index contributed by atoms with van der Waals surface area (Å²) in [5.74, 6) is 0.344. The quantitative estimate of drug-likeness (QED) is 0.805. The number of aryl methyl sites for hydroxylation is 1. The predicted octanol–water partition coefficient (Wildman–Crippen LogP) is 3.63. The van der Waals surface area contributed by atoms with Crippen molar-refractivity contribution in [2.75, 3.05) is 25.6 Å². The zero-order valence-corrected chi connectivity index (χ0v) is 13.4.